The first-order chi connectivity index (χ1) is 21.7. The van der Waals surface area contributed by atoms with Crippen LogP contribution in [0.2, 0.25) is 0 Å². The average molecular weight is 677 g/mol. The first-order valence-corrected chi connectivity index (χ1v) is 24.1. The molecule has 0 aromatic carbocycles. The molecule has 0 saturated heterocycles. The van der Waals surface area contributed by atoms with Gasteiger partial charge in [-0.15, -0.1) is 12.4 Å². The molecule has 0 radical (unpaired) electrons. The summed E-state index contributed by atoms with van der Waals surface area (Å²) in [6, 6.07) is 0. The van der Waals surface area contributed by atoms with Gasteiger partial charge in [0.05, 0.1) is 0 Å². The maximum Gasteiger partial charge on any atom is -0.147 e. The number of nitrogens with one attached hydrogen (secondary N) is 1. The Kier molecular flexibility index (Phi) is 43.4. The van der Waals surface area contributed by atoms with Crippen LogP contribution in [0.5, 0.6) is 0 Å². The molecule has 0 aromatic rings. The molecule has 0 aromatic heterocycles. The van der Waals surface area contributed by atoms with Crippen LogP contribution in [0, 0.1) is 0 Å². The Morgan fingerprint density at radius 2 is 0.467 bits per heavy atom. The predicted molar refractivity (Wildman–Crippen MR) is 218 cm³/mol. The molecule has 0 atom stereocenters. The molecule has 1 nitrogen and oxygen atoms in total. The zero-order valence-corrected chi connectivity index (χ0v) is 34.1. The van der Waals surface area contributed by atoms with Gasteiger partial charge in [-0.25, -0.2) is 0 Å². The summed E-state index contributed by atoms with van der Waals surface area (Å²) in [4.78, 5) is 0. The summed E-state index contributed by atoms with van der Waals surface area (Å²) in [6.07, 6.45) is 54.4. The number of unbranched alkanes of at least 4 members (excludes halogenated alkanes) is 30. The maximum absolute atomic E-state index is 4.43. The van der Waals surface area contributed by atoms with E-state index in [4.69, 9.17) is 0 Å². The van der Waals surface area contributed by atoms with Crippen molar-refractivity contribution in [3.8, 4) is 0 Å². The van der Waals surface area contributed by atoms with Gasteiger partial charge in [-0.05, 0) is 0 Å². The van der Waals surface area contributed by atoms with Crippen molar-refractivity contribution in [2.45, 2.75) is 246 Å². The number of hydrogen-bond donors (Lipinski definition) is 1. The van der Waals surface area contributed by atoms with Gasteiger partial charge in [0.2, 0.25) is 0 Å². The molecule has 0 aliphatic carbocycles. The molecule has 0 aliphatic rings. The monoisotopic (exact) mass is 676 g/mol. The summed E-state index contributed by atoms with van der Waals surface area (Å²) in [6.45, 7) is 10.7. The Morgan fingerprint density at radius 3 is 0.711 bits per heavy atom. The molecule has 0 heterocycles. The summed E-state index contributed by atoms with van der Waals surface area (Å²) in [5.41, 5.74) is 0. The van der Waals surface area contributed by atoms with Crippen LogP contribution in [0.25, 0.3) is 0 Å². The Balaban J connectivity index is 0. The minimum atomic E-state index is -1.36. The largest absolute Gasteiger partial charge is 0.147 e. The van der Waals surface area contributed by atoms with Crippen molar-refractivity contribution in [2.24, 2.45) is 0 Å². The van der Waals surface area contributed by atoms with E-state index in [2.05, 4.69) is 32.8 Å². The van der Waals surface area contributed by atoms with Crippen molar-refractivity contribution in [1.82, 2.24) is 5.09 Å². The molecule has 276 valence electrons. The summed E-state index contributed by atoms with van der Waals surface area (Å²) in [5, 5.41) is 4.43. The van der Waals surface area contributed by atoms with Gasteiger partial charge in [-0.2, -0.15) is 0 Å². The van der Waals surface area contributed by atoms with Gasteiger partial charge in [-0.1, -0.05) is 45.4 Å². The SMILES string of the molecule is CCCCCCCCCCCCCCCCCCN[PH](CCCCCCCC)(CCCCCCCC)CCCCCCCC.Cl. The molecule has 0 saturated carbocycles. The minimum Gasteiger partial charge on any atom is -0.147 e. The van der Waals surface area contributed by atoms with Crippen molar-refractivity contribution in [2.75, 3.05) is 25.0 Å². The molecule has 0 fully saturated rings. The van der Waals surface area contributed by atoms with Gasteiger partial charge in [0.25, 0.3) is 0 Å². The van der Waals surface area contributed by atoms with E-state index < -0.39 is 7.41 Å². The number of halogens is 1. The quantitative estimate of drug-likeness (QED) is 0.0505. The average Bonchev–Trinajstić information content (AvgIpc) is 3.03. The molecule has 0 rings (SSSR count). The number of hydrogen-bond acceptors (Lipinski definition) is 1. The van der Waals surface area contributed by atoms with E-state index >= 15 is 0 Å². The molecule has 0 spiro atoms. The Morgan fingerprint density at radius 1 is 0.267 bits per heavy atom. The predicted octanol–water partition coefficient (Wildman–Crippen LogP) is 16.0. The first kappa shape index (κ1) is 47.8. The van der Waals surface area contributed by atoms with Crippen LogP contribution in [0.3, 0.4) is 0 Å². The van der Waals surface area contributed by atoms with E-state index in [0.29, 0.717) is 0 Å². The fourth-order valence-electron chi connectivity index (χ4n) is 7.40. The standard InChI is InChI=1S/C42H90NP.ClH/c1-5-9-13-17-21-22-23-24-25-26-27-28-29-30-31-35-39-43-44(40-36-32-18-14-10-6-2,41-37-33-19-15-11-7-3)42-38-34-20-16-12-8-4;/h43-44H,5-42H2,1-4H3;1H. The Hall–Kier alpha value is 0.680. The fourth-order valence-corrected chi connectivity index (χ4v) is 12.2. The number of rotatable bonds is 39. The summed E-state index contributed by atoms with van der Waals surface area (Å²) in [7, 11) is -1.36. The molecule has 0 bridgehead atoms. The van der Waals surface area contributed by atoms with E-state index in [-0.39, 0.29) is 12.4 Å². The Bertz CT molecular complexity index is 472. The van der Waals surface area contributed by atoms with E-state index in [1.807, 2.05) is 0 Å². The Labute approximate surface area is 295 Å². The van der Waals surface area contributed by atoms with Crippen molar-refractivity contribution >= 4 is 19.8 Å². The zero-order valence-electron chi connectivity index (χ0n) is 32.3. The molecule has 45 heavy (non-hydrogen) atoms. The molecule has 1 N–H and O–H groups in total. The normalized spacial score (nSPS) is 12.1. The summed E-state index contributed by atoms with van der Waals surface area (Å²) < 4.78 is 0. The van der Waals surface area contributed by atoms with Gasteiger partial charge in [0.1, 0.15) is 0 Å². The molecule has 0 aliphatic heterocycles. The van der Waals surface area contributed by atoms with Gasteiger partial charge < -0.3 is 0 Å². The zero-order chi connectivity index (χ0) is 32.1. The van der Waals surface area contributed by atoms with Crippen molar-refractivity contribution in [3.05, 3.63) is 0 Å². The van der Waals surface area contributed by atoms with Crippen LogP contribution in [0.4, 0.5) is 0 Å². The van der Waals surface area contributed by atoms with Crippen LogP contribution in [-0.4, -0.2) is 25.0 Å². The van der Waals surface area contributed by atoms with E-state index in [0.717, 1.165) is 0 Å². The topological polar surface area (TPSA) is 12.0 Å². The summed E-state index contributed by atoms with van der Waals surface area (Å²) in [5.74, 6) is 0. The van der Waals surface area contributed by atoms with Crippen molar-refractivity contribution < 1.29 is 0 Å². The fraction of sp³-hybridized carbons (Fsp3) is 1.00. The van der Waals surface area contributed by atoms with E-state index in [9.17, 15) is 0 Å². The minimum absolute atomic E-state index is 0. The van der Waals surface area contributed by atoms with E-state index in [1.165, 1.54) is 225 Å². The third-order valence-corrected chi connectivity index (χ3v) is 15.5. The maximum atomic E-state index is 4.43. The van der Waals surface area contributed by atoms with Crippen LogP contribution in [0.15, 0.2) is 0 Å². The van der Waals surface area contributed by atoms with Gasteiger partial charge in [0, 0.05) is 0 Å². The third-order valence-electron chi connectivity index (χ3n) is 10.6. The second-order valence-corrected chi connectivity index (χ2v) is 19.5. The molecule has 3 heteroatoms. The van der Waals surface area contributed by atoms with Crippen LogP contribution in [-0.2, 0) is 0 Å². The molecule has 0 unspecified atom stereocenters. The molecular weight excluding hydrogens is 585 g/mol. The second kappa shape index (κ2) is 40.9. The van der Waals surface area contributed by atoms with Crippen LogP contribution < -0.4 is 5.09 Å². The molecule has 0 amide bonds. The summed E-state index contributed by atoms with van der Waals surface area (Å²) >= 11 is 0. The molecular formula is C42H91ClNP. The first-order valence-electron chi connectivity index (χ1n) is 21.5. The van der Waals surface area contributed by atoms with Crippen LogP contribution >= 0.6 is 19.8 Å². The van der Waals surface area contributed by atoms with Crippen molar-refractivity contribution in [3.63, 3.8) is 0 Å². The van der Waals surface area contributed by atoms with Crippen LogP contribution in [0.1, 0.15) is 246 Å². The van der Waals surface area contributed by atoms with Gasteiger partial charge in [-0.3, -0.25) is 0 Å². The van der Waals surface area contributed by atoms with Crippen molar-refractivity contribution in [1.29, 1.82) is 0 Å². The third kappa shape index (κ3) is 35.8. The van der Waals surface area contributed by atoms with Gasteiger partial charge in [0.15, 0.2) is 0 Å². The smallest absolute Gasteiger partial charge is 0.147 e. The second-order valence-electron chi connectivity index (χ2n) is 15.1. The van der Waals surface area contributed by atoms with E-state index in [1.54, 1.807) is 18.5 Å². The van der Waals surface area contributed by atoms with Gasteiger partial charge >= 0.3 is 238 Å².